The molecular formula is C8H17NOS. The third kappa shape index (κ3) is 6.23. The zero-order valence-electron chi connectivity index (χ0n) is 7.26. The zero-order chi connectivity index (χ0) is 8.69. The molecule has 1 amide bonds. The summed E-state index contributed by atoms with van der Waals surface area (Å²) in [6.45, 7) is 4.71. The molecule has 0 heterocycles. The summed E-state index contributed by atoms with van der Waals surface area (Å²) in [7, 11) is 0. The highest BCUT2D eigenvalue weighted by atomic mass is 32.1. The Bertz CT molecular complexity index is 115. The largest absolute Gasteiger partial charge is 0.355 e. The summed E-state index contributed by atoms with van der Waals surface area (Å²) < 4.78 is 0. The van der Waals surface area contributed by atoms with Gasteiger partial charge in [-0.3, -0.25) is 4.79 Å². The molecule has 3 heteroatoms. The number of hydrogen-bond acceptors (Lipinski definition) is 2. The van der Waals surface area contributed by atoms with Crippen molar-refractivity contribution in [2.24, 2.45) is 0 Å². The number of nitrogens with one attached hydrogen (secondary N) is 1. The van der Waals surface area contributed by atoms with E-state index < -0.39 is 0 Å². The van der Waals surface area contributed by atoms with Crippen LogP contribution in [0.25, 0.3) is 0 Å². The molecule has 0 rings (SSSR count). The van der Waals surface area contributed by atoms with E-state index in [0.717, 1.165) is 13.0 Å². The van der Waals surface area contributed by atoms with E-state index in [1.807, 2.05) is 0 Å². The monoisotopic (exact) mass is 175 g/mol. The number of rotatable bonds is 5. The van der Waals surface area contributed by atoms with E-state index in [4.69, 9.17) is 0 Å². The van der Waals surface area contributed by atoms with Crippen molar-refractivity contribution in [3.8, 4) is 0 Å². The first-order valence-electron chi connectivity index (χ1n) is 4.14. The van der Waals surface area contributed by atoms with Gasteiger partial charge < -0.3 is 5.32 Å². The molecule has 11 heavy (non-hydrogen) atoms. The Kier molecular flexibility index (Phi) is 6.42. The number of amides is 1. The number of hydrogen-bond donors (Lipinski definition) is 2. The van der Waals surface area contributed by atoms with Gasteiger partial charge in [-0.05, 0) is 13.3 Å². The second-order valence-corrected chi connectivity index (χ2v) is 3.45. The predicted molar refractivity (Wildman–Crippen MR) is 51.0 cm³/mol. The first-order chi connectivity index (χ1) is 5.18. The standard InChI is InChI=1S/C8H17NOS/c1-3-4-5-6-9-8(10)7(2)11/h7,11H,3-6H2,1-2H3,(H,9,10). The van der Waals surface area contributed by atoms with E-state index >= 15 is 0 Å². The van der Waals surface area contributed by atoms with Crippen LogP contribution >= 0.6 is 12.6 Å². The van der Waals surface area contributed by atoms with Crippen LogP contribution in [-0.2, 0) is 4.79 Å². The lowest BCUT2D eigenvalue weighted by Gasteiger charge is -2.05. The molecule has 0 spiro atoms. The van der Waals surface area contributed by atoms with Gasteiger partial charge in [-0.2, -0.15) is 12.6 Å². The van der Waals surface area contributed by atoms with Crippen molar-refractivity contribution in [1.29, 1.82) is 0 Å². The van der Waals surface area contributed by atoms with Gasteiger partial charge in [0, 0.05) is 6.54 Å². The van der Waals surface area contributed by atoms with Crippen LogP contribution in [0.2, 0.25) is 0 Å². The number of thiol groups is 1. The van der Waals surface area contributed by atoms with E-state index in [1.54, 1.807) is 6.92 Å². The molecule has 1 N–H and O–H groups in total. The van der Waals surface area contributed by atoms with E-state index in [2.05, 4.69) is 24.9 Å². The van der Waals surface area contributed by atoms with Crippen LogP contribution in [0.4, 0.5) is 0 Å². The molecular weight excluding hydrogens is 158 g/mol. The van der Waals surface area contributed by atoms with Gasteiger partial charge in [-0.25, -0.2) is 0 Å². The first kappa shape index (κ1) is 10.8. The van der Waals surface area contributed by atoms with Crippen molar-refractivity contribution < 1.29 is 4.79 Å². The van der Waals surface area contributed by atoms with Crippen LogP contribution in [0.1, 0.15) is 33.1 Å². The van der Waals surface area contributed by atoms with Crippen molar-refractivity contribution in [2.75, 3.05) is 6.54 Å². The second-order valence-electron chi connectivity index (χ2n) is 2.67. The SMILES string of the molecule is CCCCCNC(=O)C(C)S. The van der Waals surface area contributed by atoms with Gasteiger partial charge in [0.25, 0.3) is 0 Å². The van der Waals surface area contributed by atoms with Crippen molar-refractivity contribution in [2.45, 2.75) is 38.4 Å². The van der Waals surface area contributed by atoms with Gasteiger partial charge >= 0.3 is 0 Å². The lowest BCUT2D eigenvalue weighted by Crippen LogP contribution is -2.30. The summed E-state index contributed by atoms with van der Waals surface area (Å²) in [6.07, 6.45) is 3.44. The van der Waals surface area contributed by atoms with Gasteiger partial charge in [0.2, 0.25) is 5.91 Å². The van der Waals surface area contributed by atoms with Gasteiger partial charge in [0.05, 0.1) is 5.25 Å². The van der Waals surface area contributed by atoms with Crippen molar-refractivity contribution in [1.82, 2.24) is 5.32 Å². The molecule has 66 valence electrons. The first-order valence-corrected chi connectivity index (χ1v) is 4.66. The fraction of sp³-hybridized carbons (Fsp3) is 0.875. The average Bonchev–Trinajstić information content (AvgIpc) is 1.97. The average molecular weight is 175 g/mol. The van der Waals surface area contributed by atoms with Crippen LogP contribution in [0, 0.1) is 0 Å². The van der Waals surface area contributed by atoms with Gasteiger partial charge in [-0.15, -0.1) is 0 Å². The Labute approximate surface area is 74.2 Å². The molecule has 0 saturated heterocycles. The Morgan fingerprint density at radius 1 is 1.55 bits per heavy atom. The van der Waals surface area contributed by atoms with Crippen LogP contribution in [0.3, 0.4) is 0 Å². The number of carbonyl (C=O) groups excluding carboxylic acids is 1. The highest BCUT2D eigenvalue weighted by Crippen LogP contribution is 1.94. The minimum Gasteiger partial charge on any atom is -0.355 e. The van der Waals surface area contributed by atoms with Crippen molar-refractivity contribution in [3.05, 3.63) is 0 Å². The molecule has 1 atom stereocenters. The highest BCUT2D eigenvalue weighted by molar-refractivity contribution is 7.81. The Balaban J connectivity index is 3.18. The van der Waals surface area contributed by atoms with Crippen LogP contribution < -0.4 is 5.32 Å². The van der Waals surface area contributed by atoms with E-state index in [0.29, 0.717) is 0 Å². The molecule has 0 aromatic carbocycles. The van der Waals surface area contributed by atoms with E-state index in [-0.39, 0.29) is 11.2 Å². The van der Waals surface area contributed by atoms with Crippen molar-refractivity contribution >= 4 is 18.5 Å². The highest BCUT2D eigenvalue weighted by Gasteiger charge is 2.04. The number of unbranched alkanes of at least 4 members (excludes halogenated alkanes) is 2. The van der Waals surface area contributed by atoms with E-state index in [1.165, 1.54) is 12.8 Å². The third-order valence-electron chi connectivity index (χ3n) is 1.46. The number of carbonyl (C=O) groups is 1. The molecule has 0 radical (unpaired) electrons. The molecule has 0 aliphatic rings. The lowest BCUT2D eigenvalue weighted by atomic mass is 10.2. The topological polar surface area (TPSA) is 29.1 Å². The summed E-state index contributed by atoms with van der Waals surface area (Å²) >= 11 is 4.01. The zero-order valence-corrected chi connectivity index (χ0v) is 8.16. The Morgan fingerprint density at radius 3 is 2.64 bits per heavy atom. The predicted octanol–water partition coefficient (Wildman–Crippen LogP) is 1.61. The minimum absolute atomic E-state index is 0.0319. The van der Waals surface area contributed by atoms with E-state index in [9.17, 15) is 4.79 Å². The molecule has 0 bridgehead atoms. The van der Waals surface area contributed by atoms with Gasteiger partial charge in [0.15, 0.2) is 0 Å². The minimum atomic E-state index is -0.184. The van der Waals surface area contributed by atoms with Gasteiger partial charge in [-0.1, -0.05) is 19.8 Å². The van der Waals surface area contributed by atoms with Gasteiger partial charge in [0.1, 0.15) is 0 Å². The quantitative estimate of drug-likeness (QED) is 0.482. The Hall–Kier alpha value is -0.180. The summed E-state index contributed by atoms with van der Waals surface area (Å²) in [5.41, 5.74) is 0. The molecule has 2 nitrogen and oxygen atoms in total. The molecule has 0 saturated carbocycles. The molecule has 0 aromatic rings. The third-order valence-corrected chi connectivity index (χ3v) is 1.69. The molecule has 0 aromatic heterocycles. The molecule has 0 aliphatic carbocycles. The summed E-state index contributed by atoms with van der Waals surface area (Å²) in [5.74, 6) is 0.0319. The molecule has 0 fully saturated rings. The summed E-state index contributed by atoms with van der Waals surface area (Å²) in [5, 5.41) is 2.62. The van der Waals surface area contributed by atoms with Crippen molar-refractivity contribution in [3.63, 3.8) is 0 Å². The summed E-state index contributed by atoms with van der Waals surface area (Å²) in [4.78, 5) is 10.9. The fourth-order valence-corrected chi connectivity index (χ4v) is 0.826. The second kappa shape index (κ2) is 6.53. The maximum atomic E-state index is 10.9. The Morgan fingerprint density at radius 2 is 2.18 bits per heavy atom. The van der Waals surface area contributed by atoms with Crippen LogP contribution in [0.15, 0.2) is 0 Å². The van der Waals surface area contributed by atoms with Crippen LogP contribution in [0.5, 0.6) is 0 Å². The molecule has 0 aliphatic heterocycles. The maximum absolute atomic E-state index is 10.9. The lowest BCUT2D eigenvalue weighted by molar-refractivity contribution is -0.120. The maximum Gasteiger partial charge on any atom is 0.232 e. The van der Waals surface area contributed by atoms with Crippen LogP contribution in [-0.4, -0.2) is 17.7 Å². The molecule has 1 unspecified atom stereocenters. The normalized spacial score (nSPS) is 12.6. The smallest absolute Gasteiger partial charge is 0.232 e. The summed E-state index contributed by atoms with van der Waals surface area (Å²) in [6, 6.07) is 0. The fourth-order valence-electron chi connectivity index (χ4n) is 0.734.